The van der Waals surface area contributed by atoms with Crippen molar-refractivity contribution in [1.29, 1.82) is 0 Å². The second kappa shape index (κ2) is 6.80. The van der Waals surface area contributed by atoms with Gasteiger partial charge in [0.05, 0.1) is 12.5 Å². The molecule has 1 amide bonds. The first kappa shape index (κ1) is 14.2. The molecule has 0 atom stereocenters. The Labute approximate surface area is 118 Å². The number of carbonyl (C=O) groups excluding carboxylic acids is 1. The third-order valence-corrected chi connectivity index (χ3v) is 2.99. The summed E-state index contributed by atoms with van der Waals surface area (Å²) < 4.78 is 10.4. The fraction of sp³-hybridized carbons (Fsp3) is 0.312. The third-order valence-electron chi connectivity index (χ3n) is 2.99. The van der Waals surface area contributed by atoms with Gasteiger partial charge in [0.2, 0.25) is 0 Å². The van der Waals surface area contributed by atoms with Gasteiger partial charge in [0, 0.05) is 12.1 Å². The van der Waals surface area contributed by atoms with Crippen LogP contribution in [0.4, 0.5) is 0 Å². The molecular weight excluding hydrogens is 254 g/mol. The first-order valence-electron chi connectivity index (χ1n) is 6.65. The summed E-state index contributed by atoms with van der Waals surface area (Å²) in [5.74, 6) is 1.04. The van der Waals surface area contributed by atoms with Crippen LogP contribution in [-0.4, -0.2) is 12.5 Å². The summed E-state index contributed by atoms with van der Waals surface area (Å²) in [5, 5.41) is 2.76. The molecule has 0 aliphatic rings. The molecule has 4 nitrogen and oxygen atoms in total. The predicted molar refractivity (Wildman–Crippen MR) is 76.6 cm³/mol. The van der Waals surface area contributed by atoms with Gasteiger partial charge in [0.25, 0.3) is 5.91 Å². The highest BCUT2D eigenvalue weighted by molar-refractivity contribution is 5.77. The lowest BCUT2D eigenvalue weighted by molar-refractivity contribution is -0.123. The van der Waals surface area contributed by atoms with E-state index in [1.54, 1.807) is 12.5 Å². The van der Waals surface area contributed by atoms with Crippen LogP contribution in [0.1, 0.15) is 30.9 Å². The number of hydrogen-bond acceptors (Lipinski definition) is 3. The monoisotopic (exact) mass is 273 g/mol. The topological polar surface area (TPSA) is 51.5 Å². The van der Waals surface area contributed by atoms with E-state index in [4.69, 9.17) is 9.15 Å². The van der Waals surface area contributed by atoms with Crippen molar-refractivity contribution in [3.63, 3.8) is 0 Å². The SMILES string of the molecule is CC(C)c1ccc(OCC(=O)NCc2ccoc2)cc1. The van der Waals surface area contributed by atoms with Crippen LogP contribution in [-0.2, 0) is 11.3 Å². The van der Waals surface area contributed by atoms with Crippen LogP contribution in [0.2, 0.25) is 0 Å². The van der Waals surface area contributed by atoms with E-state index in [9.17, 15) is 4.79 Å². The molecule has 0 saturated carbocycles. The van der Waals surface area contributed by atoms with Crippen LogP contribution in [0, 0.1) is 0 Å². The van der Waals surface area contributed by atoms with Crippen molar-refractivity contribution < 1.29 is 13.9 Å². The molecule has 2 rings (SSSR count). The number of amides is 1. The van der Waals surface area contributed by atoms with Crippen LogP contribution in [0.3, 0.4) is 0 Å². The molecule has 1 heterocycles. The Morgan fingerprint density at radius 1 is 1.25 bits per heavy atom. The average molecular weight is 273 g/mol. The Bertz CT molecular complexity index is 529. The zero-order valence-corrected chi connectivity index (χ0v) is 11.8. The minimum atomic E-state index is -0.154. The third kappa shape index (κ3) is 4.16. The van der Waals surface area contributed by atoms with Crippen molar-refractivity contribution in [2.45, 2.75) is 26.3 Å². The van der Waals surface area contributed by atoms with Crippen molar-refractivity contribution in [1.82, 2.24) is 5.32 Å². The molecule has 20 heavy (non-hydrogen) atoms. The Morgan fingerprint density at radius 2 is 2.00 bits per heavy atom. The lowest BCUT2D eigenvalue weighted by Crippen LogP contribution is -2.28. The van der Waals surface area contributed by atoms with Crippen LogP contribution >= 0.6 is 0 Å². The number of nitrogens with one attached hydrogen (secondary N) is 1. The number of carbonyl (C=O) groups is 1. The highest BCUT2D eigenvalue weighted by Gasteiger charge is 2.04. The van der Waals surface area contributed by atoms with Crippen LogP contribution in [0.15, 0.2) is 47.3 Å². The molecule has 0 fully saturated rings. The molecule has 0 bridgehead atoms. The molecule has 1 aromatic carbocycles. The highest BCUT2D eigenvalue weighted by atomic mass is 16.5. The first-order chi connectivity index (χ1) is 9.65. The second-order valence-corrected chi connectivity index (χ2v) is 4.92. The van der Waals surface area contributed by atoms with E-state index in [1.165, 1.54) is 5.56 Å². The smallest absolute Gasteiger partial charge is 0.258 e. The average Bonchev–Trinajstić information content (AvgIpc) is 2.96. The molecule has 0 aliphatic carbocycles. The fourth-order valence-corrected chi connectivity index (χ4v) is 1.74. The Morgan fingerprint density at radius 3 is 2.60 bits per heavy atom. The number of benzene rings is 1. The molecular formula is C16H19NO3. The largest absolute Gasteiger partial charge is 0.484 e. The van der Waals surface area contributed by atoms with Gasteiger partial charge in [-0.3, -0.25) is 4.79 Å². The van der Waals surface area contributed by atoms with Crippen molar-refractivity contribution in [2.75, 3.05) is 6.61 Å². The molecule has 106 valence electrons. The first-order valence-corrected chi connectivity index (χ1v) is 6.65. The van der Waals surface area contributed by atoms with Gasteiger partial charge in [-0.15, -0.1) is 0 Å². The molecule has 0 radical (unpaired) electrons. The Kier molecular flexibility index (Phi) is 4.82. The maximum atomic E-state index is 11.6. The lowest BCUT2D eigenvalue weighted by Gasteiger charge is -2.09. The summed E-state index contributed by atoms with van der Waals surface area (Å²) in [6.07, 6.45) is 3.18. The molecule has 1 aromatic heterocycles. The van der Waals surface area contributed by atoms with Gasteiger partial charge in [-0.25, -0.2) is 0 Å². The minimum absolute atomic E-state index is 0.0128. The van der Waals surface area contributed by atoms with E-state index in [0.29, 0.717) is 18.2 Å². The summed E-state index contributed by atoms with van der Waals surface area (Å²) in [6, 6.07) is 9.62. The van der Waals surface area contributed by atoms with E-state index in [1.807, 2.05) is 30.3 Å². The maximum Gasteiger partial charge on any atom is 0.258 e. The summed E-state index contributed by atoms with van der Waals surface area (Å²) in [5.41, 5.74) is 2.18. The van der Waals surface area contributed by atoms with Crippen molar-refractivity contribution in [2.24, 2.45) is 0 Å². The van der Waals surface area contributed by atoms with E-state index >= 15 is 0 Å². The Hall–Kier alpha value is -2.23. The number of ether oxygens (including phenoxy) is 1. The van der Waals surface area contributed by atoms with E-state index < -0.39 is 0 Å². The number of rotatable bonds is 6. The Balaban J connectivity index is 1.75. The minimum Gasteiger partial charge on any atom is -0.484 e. The summed E-state index contributed by atoms with van der Waals surface area (Å²) >= 11 is 0. The van der Waals surface area contributed by atoms with Crippen molar-refractivity contribution >= 4 is 5.91 Å². The molecule has 0 unspecified atom stereocenters. The normalized spacial score (nSPS) is 10.6. The van der Waals surface area contributed by atoms with Gasteiger partial charge < -0.3 is 14.5 Å². The van der Waals surface area contributed by atoms with E-state index in [-0.39, 0.29) is 12.5 Å². The van der Waals surface area contributed by atoms with Gasteiger partial charge >= 0.3 is 0 Å². The van der Waals surface area contributed by atoms with Crippen molar-refractivity contribution in [3.05, 3.63) is 54.0 Å². The molecule has 0 aliphatic heterocycles. The quantitative estimate of drug-likeness (QED) is 0.880. The zero-order valence-electron chi connectivity index (χ0n) is 11.8. The summed E-state index contributed by atoms with van der Waals surface area (Å²) in [6.45, 7) is 4.74. The fourth-order valence-electron chi connectivity index (χ4n) is 1.74. The van der Waals surface area contributed by atoms with Crippen LogP contribution in [0.5, 0.6) is 5.75 Å². The molecule has 0 saturated heterocycles. The summed E-state index contributed by atoms with van der Waals surface area (Å²) in [4.78, 5) is 11.6. The van der Waals surface area contributed by atoms with Gasteiger partial charge in [-0.2, -0.15) is 0 Å². The van der Waals surface area contributed by atoms with Gasteiger partial charge in [-0.05, 0) is 29.7 Å². The van der Waals surface area contributed by atoms with Crippen LogP contribution < -0.4 is 10.1 Å². The van der Waals surface area contributed by atoms with Gasteiger partial charge in [0.1, 0.15) is 5.75 Å². The van der Waals surface area contributed by atoms with E-state index in [0.717, 1.165) is 5.56 Å². The van der Waals surface area contributed by atoms with Crippen LogP contribution in [0.25, 0.3) is 0 Å². The molecule has 1 N–H and O–H groups in total. The van der Waals surface area contributed by atoms with Gasteiger partial charge in [-0.1, -0.05) is 26.0 Å². The number of hydrogen-bond donors (Lipinski definition) is 1. The summed E-state index contributed by atoms with van der Waals surface area (Å²) in [7, 11) is 0. The van der Waals surface area contributed by atoms with Gasteiger partial charge in [0.15, 0.2) is 6.61 Å². The maximum absolute atomic E-state index is 11.6. The molecule has 2 aromatic rings. The molecule has 4 heteroatoms. The lowest BCUT2D eigenvalue weighted by atomic mass is 10.0. The second-order valence-electron chi connectivity index (χ2n) is 4.92. The van der Waals surface area contributed by atoms with E-state index in [2.05, 4.69) is 19.2 Å². The van der Waals surface area contributed by atoms with Crippen molar-refractivity contribution in [3.8, 4) is 5.75 Å². The standard InChI is InChI=1S/C16H19NO3/c1-12(2)14-3-5-15(6-4-14)20-11-16(18)17-9-13-7-8-19-10-13/h3-8,10,12H,9,11H2,1-2H3,(H,17,18). The highest BCUT2D eigenvalue weighted by Crippen LogP contribution is 2.18. The molecule has 0 spiro atoms. The predicted octanol–water partition coefficient (Wildman–Crippen LogP) is 3.10. The zero-order chi connectivity index (χ0) is 14.4. The number of furan rings is 1.